The number of sulfonamides is 1. The fraction of sp³-hybridized carbons (Fsp3) is 0. The minimum Gasteiger partial charge on any atom is -0.364 e. The first-order valence-corrected chi connectivity index (χ1v) is 9.71. The average molecular weight is 411 g/mol. The number of aromatic nitrogens is 2. The van der Waals surface area contributed by atoms with Gasteiger partial charge >= 0.3 is 0 Å². The second kappa shape index (κ2) is 6.56. The van der Waals surface area contributed by atoms with E-state index in [1.807, 2.05) is 0 Å². The summed E-state index contributed by atoms with van der Waals surface area (Å²) in [7, 11) is -3.99. The topological polar surface area (TPSA) is 153 Å². The predicted molar refractivity (Wildman–Crippen MR) is 101 cm³/mol. The molecule has 1 aliphatic rings. The quantitative estimate of drug-likeness (QED) is 0.524. The Morgan fingerprint density at radius 2 is 1.69 bits per heavy atom. The van der Waals surface area contributed by atoms with Gasteiger partial charge in [-0.2, -0.15) is 5.10 Å². The molecule has 1 aromatic heterocycles. The number of nitrogens with zero attached hydrogens (tertiary/aromatic N) is 2. The van der Waals surface area contributed by atoms with Crippen molar-refractivity contribution in [3.63, 3.8) is 0 Å². The van der Waals surface area contributed by atoms with Crippen molar-refractivity contribution in [1.82, 2.24) is 15.1 Å². The van der Waals surface area contributed by atoms with Crippen LogP contribution in [0.4, 0.5) is 5.69 Å². The van der Waals surface area contributed by atoms with Crippen molar-refractivity contribution in [1.29, 1.82) is 0 Å². The summed E-state index contributed by atoms with van der Waals surface area (Å²) in [6, 6.07) is 11.4. The summed E-state index contributed by atoms with van der Waals surface area (Å²) in [6.07, 6.45) is 1.55. The van der Waals surface area contributed by atoms with Gasteiger partial charge in [-0.15, -0.1) is 0 Å². The molecule has 29 heavy (non-hydrogen) atoms. The standard InChI is InChI=1S/C18H13N5O5S/c19-16(24)15-7-8-23(21-15)11-3-1-10(2-4-11)22-29(27,28)12-5-6-13-14(9-12)18(26)20-17(13)25/h1-9,22H,(H2,19,24)(H,20,25,26). The zero-order valence-electron chi connectivity index (χ0n) is 14.6. The van der Waals surface area contributed by atoms with Gasteiger partial charge in [0.25, 0.3) is 27.7 Å². The summed E-state index contributed by atoms with van der Waals surface area (Å²) in [6.45, 7) is 0. The molecule has 146 valence electrons. The molecule has 0 radical (unpaired) electrons. The Kier molecular flexibility index (Phi) is 4.16. The van der Waals surface area contributed by atoms with Crippen LogP contribution in [0.5, 0.6) is 0 Å². The van der Waals surface area contributed by atoms with Crippen molar-refractivity contribution in [3.05, 3.63) is 71.5 Å². The fourth-order valence-corrected chi connectivity index (χ4v) is 3.89. The normalized spacial score (nSPS) is 13.1. The molecule has 2 aromatic carbocycles. The van der Waals surface area contributed by atoms with Crippen LogP contribution >= 0.6 is 0 Å². The van der Waals surface area contributed by atoms with Gasteiger partial charge in [0.15, 0.2) is 0 Å². The van der Waals surface area contributed by atoms with Gasteiger partial charge in [-0.3, -0.25) is 24.4 Å². The Hall–Kier alpha value is -3.99. The molecule has 0 unspecified atom stereocenters. The van der Waals surface area contributed by atoms with Gasteiger partial charge in [-0.25, -0.2) is 13.1 Å². The number of anilines is 1. The first-order chi connectivity index (χ1) is 13.7. The van der Waals surface area contributed by atoms with Crippen molar-refractivity contribution in [3.8, 4) is 5.69 Å². The van der Waals surface area contributed by atoms with Crippen molar-refractivity contribution >= 4 is 33.4 Å². The van der Waals surface area contributed by atoms with Crippen LogP contribution in [0, 0.1) is 0 Å². The van der Waals surface area contributed by atoms with E-state index in [0.717, 1.165) is 6.07 Å². The van der Waals surface area contributed by atoms with Gasteiger partial charge < -0.3 is 5.73 Å². The summed E-state index contributed by atoms with van der Waals surface area (Å²) >= 11 is 0. The summed E-state index contributed by atoms with van der Waals surface area (Å²) < 4.78 is 29.1. The molecule has 4 rings (SSSR count). The minimum absolute atomic E-state index is 0.0113. The number of nitrogens with two attached hydrogens (primary N) is 1. The number of imide groups is 1. The lowest BCUT2D eigenvalue weighted by Gasteiger charge is -2.10. The maximum absolute atomic E-state index is 12.6. The number of carbonyl (C=O) groups excluding carboxylic acids is 3. The van der Waals surface area contributed by atoms with E-state index in [2.05, 4.69) is 15.1 Å². The van der Waals surface area contributed by atoms with Gasteiger partial charge in [-0.1, -0.05) is 0 Å². The second-order valence-corrected chi connectivity index (χ2v) is 7.84. The number of hydrogen-bond donors (Lipinski definition) is 3. The third-order valence-electron chi connectivity index (χ3n) is 4.24. The summed E-state index contributed by atoms with van der Waals surface area (Å²) in [4.78, 5) is 34.3. The van der Waals surface area contributed by atoms with Gasteiger partial charge in [0, 0.05) is 11.9 Å². The van der Waals surface area contributed by atoms with Gasteiger partial charge in [0.2, 0.25) is 0 Å². The molecule has 0 atom stereocenters. The summed E-state index contributed by atoms with van der Waals surface area (Å²) in [5.74, 6) is -1.85. The van der Waals surface area contributed by atoms with Crippen LogP contribution in [0.25, 0.3) is 5.69 Å². The maximum atomic E-state index is 12.6. The Labute approximate surface area is 164 Å². The molecular weight excluding hydrogens is 398 g/mol. The maximum Gasteiger partial charge on any atom is 0.269 e. The fourth-order valence-electron chi connectivity index (χ4n) is 2.81. The van der Waals surface area contributed by atoms with Crippen LogP contribution in [0.15, 0.2) is 59.6 Å². The third-order valence-corrected chi connectivity index (χ3v) is 5.62. The van der Waals surface area contributed by atoms with E-state index in [9.17, 15) is 22.8 Å². The Balaban J connectivity index is 1.57. The highest BCUT2D eigenvalue weighted by molar-refractivity contribution is 7.92. The highest BCUT2D eigenvalue weighted by atomic mass is 32.2. The number of nitrogens with one attached hydrogen (secondary N) is 2. The van der Waals surface area contributed by atoms with Crippen molar-refractivity contribution in [2.45, 2.75) is 4.90 Å². The lowest BCUT2D eigenvalue weighted by Crippen LogP contribution is -2.19. The van der Waals surface area contributed by atoms with E-state index >= 15 is 0 Å². The molecule has 0 fully saturated rings. The largest absolute Gasteiger partial charge is 0.364 e. The number of rotatable bonds is 5. The van der Waals surface area contributed by atoms with E-state index in [1.165, 1.54) is 35.0 Å². The Bertz CT molecular complexity index is 1280. The van der Waals surface area contributed by atoms with Crippen LogP contribution in [0.2, 0.25) is 0 Å². The molecule has 0 saturated carbocycles. The molecular formula is C18H13N5O5S. The van der Waals surface area contributed by atoms with Gasteiger partial charge in [0.05, 0.1) is 21.7 Å². The minimum atomic E-state index is -3.99. The van der Waals surface area contributed by atoms with Crippen LogP contribution in [0.3, 0.4) is 0 Å². The van der Waals surface area contributed by atoms with Gasteiger partial charge in [-0.05, 0) is 48.5 Å². The number of amides is 3. The molecule has 3 aromatic rings. The van der Waals surface area contributed by atoms with Crippen LogP contribution in [-0.2, 0) is 10.0 Å². The summed E-state index contributed by atoms with van der Waals surface area (Å²) in [5, 5.41) is 6.13. The van der Waals surface area contributed by atoms with E-state index in [1.54, 1.807) is 18.3 Å². The smallest absolute Gasteiger partial charge is 0.269 e. The van der Waals surface area contributed by atoms with Crippen molar-refractivity contribution in [2.24, 2.45) is 5.73 Å². The lowest BCUT2D eigenvalue weighted by atomic mass is 10.1. The Morgan fingerprint density at radius 1 is 1.00 bits per heavy atom. The van der Waals surface area contributed by atoms with E-state index < -0.39 is 27.7 Å². The number of benzene rings is 2. The number of hydrogen-bond acceptors (Lipinski definition) is 6. The molecule has 3 amide bonds. The average Bonchev–Trinajstić information content (AvgIpc) is 3.28. The SMILES string of the molecule is NC(=O)c1ccn(-c2ccc(NS(=O)(=O)c3ccc4c(c3)C(=O)NC4=O)cc2)n1. The Morgan fingerprint density at radius 3 is 2.34 bits per heavy atom. The highest BCUT2D eigenvalue weighted by Crippen LogP contribution is 2.23. The van der Waals surface area contributed by atoms with E-state index in [0.29, 0.717) is 5.69 Å². The third kappa shape index (κ3) is 3.34. The first kappa shape index (κ1) is 18.4. The zero-order chi connectivity index (χ0) is 20.8. The molecule has 0 aliphatic carbocycles. The first-order valence-electron chi connectivity index (χ1n) is 8.23. The highest BCUT2D eigenvalue weighted by Gasteiger charge is 2.28. The van der Waals surface area contributed by atoms with E-state index in [4.69, 9.17) is 5.73 Å². The van der Waals surface area contributed by atoms with Crippen LogP contribution in [-0.4, -0.2) is 35.9 Å². The van der Waals surface area contributed by atoms with Gasteiger partial charge in [0.1, 0.15) is 5.69 Å². The van der Waals surface area contributed by atoms with Crippen molar-refractivity contribution in [2.75, 3.05) is 4.72 Å². The van der Waals surface area contributed by atoms with E-state index in [-0.39, 0.29) is 27.4 Å². The molecule has 10 nitrogen and oxygen atoms in total. The van der Waals surface area contributed by atoms with Crippen molar-refractivity contribution < 1.29 is 22.8 Å². The van der Waals surface area contributed by atoms with Crippen LogP contribution in [0.1, 0.15) is 31.2 Å². The monoisotopic (exact) mass is 411 g/mol. The molecule has 0 bridgehead atoms. The number of primary amides is 1. The molecule has 0 saturated heterocycles. The zero-order valence-corrected chi connectivity index (χ0v) is 15.4. The number of carbonyl (C=O) groups is 3. The second-order valence-electron chi connectivity index (χ2n) is 6.15. The molecule has 11 heteroatoms. The molecule has 2 heterocycles. The molecule has 0 spiro atoms. The van der Waals surface area contributed by atoms with Crippen LogP contribution < -0.4 is 15.8 Å². The summed E-state index contributed by atoms with van der Waals surface area (Å²) in [5.41, 5.74) is 6.28. The predicted octanol–water partition coefficient (Wildman–Crippen LogP) is 0.656. The molecule has 1 aliphatic heterocycles. The lowest BCUT2D eigenvalue weighted by molar-refractivity contribution is 0.0878. The number of fused-ring (bicyclic) bond motifs is 1. The molecule has 4 N–H and O–H groups in total.